The standard InChI is InChI=1S/C35H52N2O3/c1-32(2)27(25-12-14-26(15-13-25)31(38)40-5)18-21-33(3)29(32)19-22-34(4)30(33)17-16-28-24(10-7-6-8-23-37-39)11-9-20-35(28,34)36/h12-15,18,23-24,28-30,39H,6-11,16-17,19-22,36H2,1-5H3/b37-23+/t24-,28+,29-,30+,33-,34+,35-/m0/s1. The van der Waals surface area contributed by atoms with Crippen LogP contribution in [0.3, 0.4) is 0 Å². The van der Waals surface area contributed by atoms with E-state index in [-0.39, 0.29) is 27.8 Å². The minimum Gasteiger partial charge on any atom is -0.465 e. The molecule has 4 aliphatic carbocycles. The summed E-state index contributed by atoms with van der Waals surface area (Å²) >= 11 is 0. The Morgan fingerprint density at radius 1 is 1.05 bits per heavy atom. The average Bonchev–Trinajstić information content (AvgIpc) is 2.92. The molecule has 220 valence electrons. The smallest absolute Gasteiger partial charge is 0.337 e. The molecule has 0 unspecified atom stereocenters. The summed E-state index contributed by atoms with van der Waals surface area (Å²) in [5, 5.41) is 11.9. The molecule has 5 rings (SSSR count). The minimum absolute atomic E-state index is 0.0483. The van der Waals surface area contributed by atoms with Crippen molar-refractivity contribution in [3.05, 3.63) is 41.5 Å². The molecule has 0 spiro atoms. The zero-order chi connectivity index (χ0) is 28.8. The Balaban J connectivity index is 1.40. The van der Waals surface area contributed by atoms with E-state index in [2.05, 4.69) is 51.1 Å². The van der Waals surface area contributed by atoms with Crippen LogP contribution >= 0.6 is 0 Å². The second kappa shape index (κ2) is 10.9. The number of rotatable bonds is 7. The number of fused-ring (bicyclic) bond motifs is 5. The van der Waals surface area contributed by atoms with E-state index in [9.17, 15) is 4.79 Å². The predicted octanol–water partition coefficient (Wildman–Crippen LogP) is 8.25. The number of hydrogen-bond donors (Lipinski definition) is 2. The van der Waals surface area contributed by atoms with E-state index in [1.54, 1.807) is 6.21 Å². The molecular formula is C35H52N2O3. The zero-order valence-corrected chi connectivity index (χ0v) is 25.5. The van der Waals surface area contributed by atoms with Crippen molar-refractivity contribution in [3.63, 3.8) is 0 Å². The molecule has 0 bridgehead atoms. The third-order valence-corrected chi connectivity index (χ3v) is 12.7. The van der Waals surface area contributed by atoms with Crippen LogP contribution in [0.4, 0.5) is 0 Å². The van der Waals surface area contributed by atoms with Crippen LogP contribution in [0.2, 0.25) is 0 Å². The number of methoxy groups -OCH3 is 1. The summed E-state index contributed by atoms with van der Waals surface area (Å²) in [5.41, 5.74) is 11.4. The Bertz CT molecular complexity index is 1140. The van der Waals surface area contributed by atoms with Crippen LogP contribution in [0.1, 0.15) is 121 Å². The van der Waals surface area contributed by atoms with Crippen molar-refractivity contribution in [2.75, 3.05) is 7.11 Å². The molecule has 0 heterocycles. The number of unbranched alkanes of at least 4 members (excludes halogenated alkanes) is 2. The van der Waals surface area contributed by atoms with E-state index in [1.807, 2.05) is 12.1 Å². The molecule has 40 heavy (non-hydrogen) atoms. The predicted molar refractivity (Wildman–Crippen MR) is 162 cm³/mol. The van der Waals surface area contributed by atoms with Crippen molar-refractivity contribution in [2.24, 2.45) is 50.8 Å². The first kappa shape index (κ1) is 29.4. The van der Waals surface area contributed by atoms with Gasteiger partial charge in [0.2, 0.25) is 0 Å². The number of nitrogens with two attached hydrogens (primary N) is 1. The third-order valence-electron chi connectivity index (χ3n) is 12.7. The van der Waals surface area contributed by atoms with Gasteiger partial charge in [-0.05, 0) is 115 Å². The van der Waals surface area contributed by atoms with E-state index in [4.69, 9.17) is 15.7 Å². The first-order valence-corrected chi connectivity index (χ1v) is 15.9. The van der Waals surface area contributed by atoms with Crippen LogP contribution in [0.25, 0.3) is 5.57 Å². The molecule has 4 aliphatic rings. The fourth-order valence-electron chi connectivity index (χ4n) is 10.8. The molecule has 5 heteroatoms. The molecule has 0 radical (unpaired) electrons. The molecule has 3 N–H and O–H groups in total. The topological polar surface area (TPSA) is 84.9 Å². The third kappa shape index (κ3) is 4.55. The van der Waals surface area contributed by atoms with Crippen LogP contribution in [0, 0.1) is 39.9 Å². The van der Waals surface area contributed by atoms with Gasteiger partial charge >= 0.3 is 5.97 Å². The van der Waals surface area contributed by atoms with Crippen molar-refractivity contribution in [1.29, 1.82) is 0 Å². The van der Waals surface area contributed by atoms with E-state index in [0.717, 1.165) is 25.2 Å². The Labute approximate surface area is 242 Å². The van der Waals surface area contributed by atoms with Gasteiger partial charge in [0.25, 0.3) is 0 Å². The maximum atomic E-state index is 12.0. The fraction of sp³-hybridized carbons (Fsp3) is 0.714. The van der Waals surface area contributed by atoms with Crippen LogP contribution in [-0.4, -0.2) is 30.0 Å². The first-order chi connectivity index (χ1) is 19.0. The minimum atomic E-state index is -0.282. The molecule has 0 amide bonds. The summed E-state index contributed by atoms with van der Waals surface area (Å²) in [7, 11) is 1.43. The van der Waals surface area contributed by atoms with Crippen LogP contribution in [0.15, 0.2) is 35.5 Å². The number of oxime groups is 1. The number of allylic oxidation sites excluding steroid dienone is 2. The quantitative estimate of drug-likeness (QED) is 0.118. The van der Waals surface area contributed by atoms with Gasteiger partial charge in [0.15, 0.2) is 0 Å². The number of carbonyl (C=O) groups is 1. The fourth-order valence-corrected chi connectivity index (χ4v) is 10.8. The summed E-state index contributed by atoms with van der Waals surface area (Å²) in [6.45, 7) is 10.1. The normalized spacial score (nSPS) is 38.6. The van der Waals surface area contributed by atoms with Crippen molar-refractivity contribution < 1.29 is 14.7 Å². The van der Waals surface area contributed by atoms with Crippen molar-refractivity contribution in [2.45, 2.75) is 110 Å². The summed E-state index contributed by atoms with van der Waals surface area (Å²) in [4.78, 5) is 12.0. The second-order valence-corrected chi connectivity index (χ2v) is 14.6. The first-order valence-electron chi connectivity index (χ1n) is 15.9. The van der Waals surface area contributed by atoms with Crippen LogP contribution < -0.4 is 5.73 Å². The van der Waals surface area contributed by atoms with Gasteiger partial charge in [-0.3, -0.25) is 0 Å². The molecule has 0 saturated heterocycles. The van der Waals surface area contributed by atoms with Gasteiger partial charge in [0.05, 0.1) is 12.7 Å². The lowest BCUT2D eigenvalue weighted by molar-refractivity contribution is -0.177. The molecule has 3 saturated carbocycles. The number of hydrogen-bond acceptors (Lipinski definition) is 5. The highest BCUT2D eigenvalue weighted by Crippen LogP contribution is 2.72. The lowest BCUT2D eigenvalue weighted by Gasteiger charge is -2.70. The lowest BCUT2D eigenvalue weighted by Crippen LogP contribution is -2.71. The van der Waals surface area contributed by atoms with Crippen molar-refractivity contribution in [1.82, 2.24) is 0 Å². The molecule has 0 aromatic heterocycles. The highest BCUT2D eigenvalue weighted by atomic mass is 16.5. The molecular weight excluding hydrogens is 496 g/mol. The van der Waals surface area contributed by atoms with Gasteiger partial charge in [-0.1, -0.05) is 71.6 Å². The van der Waals surface area contributed by atoms with E-state index in [0.29, 0.717) is 23.3 Å². The van der Waals surface area contributed by atoms with Crippen LogP contribution in [0.5, 0.6) is 0 Å². The van der Waals surface area contributed by atoms with Crippen LogP contribution in [-0.2, 0) is 4.74 Å². The largest absolute Gasteiger partial charge is 0.465 e. The number of carbonyl (C=O) groups excluding carboxylic acids is 1. The molecule has 3 fully saturated rings. The van der Waals surface area contributed by atoms with E-state index in [1.165, 1.54) is 76.0 Å². The Hall–Kier alpha value is -2.14. The Morgan fingerprint density at radius 2 is 1.80 bits per heavy atom. The second-order valence-electron chi connectivity index (χ2n) is 14.6. The van der Waals surface area contributed by atoms with Gasteiger partial charge in [0.1, 0.15) is 0 Å². The van der Waals surface area contributed by atoms with Gasteiger partial charge in [-0.15, -0.1) is 5.16 Å². The summed E-state index contributed by atoms with van der Waals surface area (Å²) in [6.07, 6.45) is 18.5. The zero-order valence-electron chi connectivity index (χ0n) is 25.5. The van der Waals surface area contributed by atoms with Gasteiger partial charge in [-0.25, -0.2) is 4.79 Å². The summed E-state index contributed by atoms with van der Waals surface area (Å²) in [6, 6.07) is 8.02. The SMILES string of the molecule is COC(=O)c1ccc(C2=CC[C@]3(C)[C@H]4CC[C@@H]5[C@@H](CCCC/C=N/O)CCC[C@@]5(N)[C@]4(C)CC[C@H]3C2(C)C)cc1. The maximum absolute atomic E-state index is 12.0. The summed E-state index contributed by atoms with van der Waals surface area (Å²) in [5.74, 6) is 2.32. The Kier molecular flexibility index (Phi) is 8.02. The van der Waals surface area contributed by atoms with E-state index >= 15 is 0 Å². The number of nitrogens with zero attached hydrogens (tertiary/aromatic N) is 1. The van der Waals surface area contributed by atoms with Crippen molar-refractivity contribution >= 4 is 17.8 Å². The molecule has 0 aliphatic heterocycles. The number of benzene rings is 1. The lowest BCUT2D eigenvalue weighted by atomic mass is 9.35. The average molecular weight is 549 g/mol. The molecule has 1 aromatic carbocycles. The number of ether oxygens (including phenoxy) is 1. The van der Waals surface area contributed by atoms with Gasteiger partial charge in [-0.2, -0.15) is 0 Å². The number of esters is 1. The maximum Gasteiger partial charge on any atom is 0.337 e. The molecule has 1 aromatic rings. The summed E-state index contributed by atoms with van der Waals surface area (Å²) < 4.78 is 4.92. The molecule has 5 nitrogen and oxygen atoms in total. The highest BCUT2D eigenvalue weighted by molar-refractivity contribution is 5.89. The molecule has 7 atom stereocenters. The van der Waals surface area contributed by atoms with Gasteiger partial charge < -0.3 is 15.7 Å². The monoisotopic (exact) mass is 548 g/mol. The van der Waals surface area contributed by atoms with E-state index < -0.39 is 0 Å². The van der Waals surface area contributed by atoms with Gasteiger partial charge in [0, 0.05) is 11.8 Å². The highest BCUT2D eigenvalue weighted by Gasteiger charge is 2.67. The van der Waals surface area contributed by atoms with Crippen molar-refractivity contribution in [3.8, 4) is 0 Å². The Morgan fingerprint density at radius 3 is 2.50 bits per heavy atom.